The summed E-state index contributed by atoms with van der Waals surface area (Å²) in [6.07, 6.45) is 1.05. The molecule has 18 heavy (non-hydrogen) atoms. The summed E-state index contributed by atoms with van der Waals surface area (Å²) in [7, 11) is 0. The first-order chi connectivity index (χ1) is 8.41. The SMILES string of the molecule is CC(C)CC(C)OCc1cccc(N)c1C(=O)O. The van der Waals surface area contributed by atoms with Crippen molar-refractivity contribution in [3.05, 3.63) is 29.3 Å². The lowest BCUT2D eigenvalue weighted by Crippen LogP contribution is -2.14. The van der Waals surface area contributed by atoms with Crippen molar-refractivity contribution in [3.8, 4) is 0 Å². The molecule has 1 unspecified atom stereocenters. The van der Waals surface area contributed by atoms with Crippen molar-refractivity contribution < 1.29 is 14.6 Å². The van der Waals surface area contributed by atoms with Gasteiger partial charge >= 0.3 is 5.97 Å². The highest BCUT2D eigenvalue weighted by Crippen LogP contribution is 2.19. The predicted octanol–water partition coefficient (Wildman–Crippen LogP) is 2.92. The van der Waals surface area contributed by atoms with E-state index in [9.17, 15) is 4.79 Å². The molecule has 0 spiro atoms. The minimum atomic E-state index is -1.01. The fourth-order valence-corrected chi connectivity index (χ4v) is 1.97. The number of carbonyl (C=O) groups is 1. The maximum atomic E-state index is 11.1. The van der Waals surface area contributed by atoms with E-state index >= 15 is 0 Å². The van der Waals surface area contributed by atoms with Crippen LogP contribution in [0.15, 0.2) is 18.2 Å². The summed E-state index contributed by atoms with van der Waals surface area (Å²) < 4.78 is 5.67. The van der Waals surface area contributed by atoms with Gasteiger partial charge in [-0.25, -0.2) is 4.79 Å². The van der Waals surface area contributed by atoms with E-state index in [1.807, 2.05) is 6.92 Å². The number of hydrogen-bond donors (Lipinski definition) is 2. The van der Waals surface area contributed by atoms with E-state index in [1.165, 1.54) is 0 Å². The molecule has 0 aliphatic carbocycles. The molecule has 0 radical (unpaired) electrons. The molecule has 0 saturated carbocycles. The minimum Gasteiger partial charge on any atom is -0.478 e. The molecule has 4 nitrogen and oxygen atoms in total. The summed E-state index contributed by atoms with van der Waals surface area (Å²) in [5.74, 6) is -0.456. The molecule has 0 amide bonds. The van der Waals surface area contributed by atoms with Crippen LogP contribution in [0.5, 0.6) is 0 Å². The zero-order chi connectivity index (χ0) is 13.7. The summed E-state index contributed by atoms with van der Waals surface area (Å²) in [6.45, 7) is 6.53. The molecule has 0 aliphatic heterocycles. The van der Waals surface area contributed by atoms with Gasteiger partial charge in [-0.05, 0) is 30.9 Å². The van der Waals surface area contributed by atoms with E-state index in [1.54, 1.807) is 18.2 Å². The van der Waals surface area contributed by atoms with Crippen LogP contribution < -0.4 is 5.73 Å². The van der Waals surface area contributed by atoms with Crippen LogP contribution in [0.4, 0.5) is 5.69 Å². The molecule has 0 heterocycles. The second kappa shape index (κ2) is 6.40. The van der Waals surface area contributed by atoms with Crippen molar-refractivity contribution in [2.75, 3.05) is 5.73 Å². The van der Waals surface area contributed by atoms with Crippen LogP contribution in [-0.2, 0) is 11.3 Å². The van der Waals surface area contributed by atoms with Crippen molar-refractivity contribution in [2.45, 2.75) is 39.9 Å². The Bertz CT molecular complexity index is 416. The van der Waals surface area contributed by atoms with Gasteiger partial charge in [0, 0.05) is 5.69 Å². The number of nitrogen functional groups attached to an aromatic ring is 1. The predicted molar refractivity (Wildman–Crippen MR) is 71.5 cm³/mol. The van der Waals surface area contributed by atoms with Crippen LogP contribution in [0.1, 0.15) is 43.1 Å². The van der Waals surface area contributed by atoms with Crippen LogP contribution in [0.3, 0.4) is 0 Å². The van der Waals surface area contributed by atoms with E-state index in [0.717, 1.165) is 6.42 Å². The van der Waals surface area contributed by atoms with Gasteiger partial charge in [-0.2, -0.15) is 0 Å². The number of ether oxygens (including phenoxy) is 1. The largest absolute Gasteiger partial charge is 0.478 e. The molecule has 1 rings (SSSR count). The van der Waals surface area contributed by atoms with Crippen molar-refractivity contribution in [3.63, 3.8) is 0 Å². The molecule has 0 bridgehead atoms. The third kappa shape index (κ3) is 4.04. The molecule has 1 atom stereocenters. The van der Waals surface area contributed by atoms with Gasteiger partial charge in [0.2, 0.25) is 0 Å². The Kier molecular flexibility index (Phi) is 5.16. The van der Waals surface area contributed by atoms with Crippen LogP contribution in [0.2, 0.25) is 0 Å². The topological polar surface area (TPSA) is 72.5 Å². The lowest BCUT2D eigenvalue weighted by molar-refractivity contribution is 0.0384. The highest BCUT2D eigenvalue weighted by atomic mass is 16.5. The second-order valence-corrected chi connectivity index (χ2v) is 4.94. The summed E-state index contributed by atoms with van der Waals surface area (Å²) in [5, 5.41) is 9.12. The summed E-state index contributed by atoms with van der Waals surface area (Å²) in [5.41, 5.74) is 6.72. The van der Waals surface area contributed by atoms with Gasteiger partial charge in [0.1, 0.15) is 0 Å². The molecule has 0 aliphatic rings. The fraction of sp³-hybridized carbons (Fsp3) is 0.500. The average Bonchev–Trinajstić information content (AvgIpc) is 2.24. The van der Waals surface area contributed by atoms with Gasteiger partial charge in [0.15, 0.2) is 0 Å². The summed E-state index contributed by atoms with van der Waals surface area (Å²) >= 11 is 0. The number of hydrogen-bond acceptors (Lipinski definition) is 3. The van der Waals surface area contributed by atoms with Gasteiger partial charge < -0.3 is 15.6 Å². The summed E-state index contributed by atoms with van der Waals surface area (Å²) in [6, 6.07) is 5.07. The van der Waals surface area contributed by atoms with Crippen LogP contribution >= 0.6 is 0 Å². The Hall–Kier alpha value is -1.55. The van der Waals surface area contributed by atoms with Crippen molar-refractivity contribution in [1.29, 1.82) is 0 Å². The first-order valence-electron chi connectivity index (χ1n) is 6.14. The van der Waals surface area contributed by atoms with Gasteiger partial charge in [0.05, 0.1) is 18.3 Å². The van der Waals surface area contributed by atoms with Gasteiger partial charge in [-0.3, -0.25) is 0 Å². The third-order valence-corrected chi connectivity index (χ3v) is 2.72. The molecule has 1 aromatic rings. The quantitative estimate of drug-likeness (QED) is 0.762. The Balaban J connectivity index is 2.73. The summed E-state index contributed by atoms with van der Waals surface area (Å²) in [4.78, 5) is 11.1. The smallest absolute Gasteiger partial charge is 0.338 e. The number of anilines is 1. The maximum absolute atomic E-state index is 11.1. The Morgan fingerprint density at radius 2 is 2.06 bits per heavy atom. The lowest BCUT2D eigenvalue weighted by Gasteiger charge is -2.16. The number of aromatic carboxylic acids is 1. The van der Waals surface area contributed by atoms with E-state index < -0.39 is 5.97 Å². The van der Waals surface area contributed by atoms with Crippen LogP contribution in [0.25, 0.3) is 0 Å². The van der Waals surface area contributed by atoms with Gasteiger partial charge in [-0.15, -0.1) is 0 Å². The van der Waals surface area contributed by atoms with E-state index in [-0.39, 0.29) is 24.0 Å². The average molecular weight is 251 g/mol. The number of carboxylic acid groups (broad SMARTS) is 1. The zero-order valence-electron chi connectivity index (χ0n) is 11.1. The number of carboxylic acids is 1. The third-order valence-electron chi connectivity index (χ3n) is 2.72. The highest BCUT2D eigenvalue weighted by molar-refractivity contribution is 5.95. The lowest BCUT2D eigenvalue weighted by atomic mass is 10.1. The zero-order valence-corrected chi connectivity index (χ0v) is 11.1. The number of benzene rings is 1. The Morgan fingerprint density at radius 1 is 1.39 bits per heavy atom. The number of nitrogens with two attached hydrogens (primary N) is 1. The normalized spacial score (nSPS) is 12.7. The van der Waals surface area contributed by atoms with Crippen molar-refractivity contribution in [2.24, 2.45) is 5.92 Å². The maximum Gasteiger partial charge on any atom is 0.338 e. The number of rotatable bonds is 6. The molecular formula is C14H21NO3. The van der Waals surface area contributed by atoms with Gasteiger partial charge in [-0.1, -0.05) is 26.0 Å². The molecule has 3 N–H and O–H groups in total. The van der Waals surface area contributed by atoms with E-state index in [4.69, 9.17) is 15.6 Å². The van der Waals surface area contributed by atoms with Crippen molar-refractivity contribution in [1.82, 2.24) is 0 Å². The van der Waals surface area contributed by atoms with Gasteiger partial charge in [0.25, 0.3) is 0 Å². The fourth-order valence-electron chi connectivity index (χ4n) is 1.97. The molecule has 0 saturated heterocycles. The van der Waals surface area contributed by atoms with Crippen molar-refractivity contribution >= 4 is 11.7 Å². The molecular weight excluding hydrogens is 230 g/mol. The minimum absolute atomic E-state index is 0.105. The van der Waals surface area contributed by atoms with Crippen LogP contribution in [0, 0.1) is 5.92 Å². The monoisotopic (exact) mass is 251 g/mol. The molecule has 100 valence electrons. The first kappa shape index (κ1) is 14.5. The van der Waals surface area contributed by atoms with E-state index in [0.29, 0.717) is 11.5 Å². The Labute approximate surface area is 108 Å². The molecule has 1 aromatic carbocycles. The standard InChI is InChI=1S/C14H21NO3/c1-9(2)7-10(3)18-8-11-5-4-6-12(15)13(11)14(16)17/h4-6,9-10H,7-8,15H2,1-3H3,(H,16,17). The highest BCUT2D eigenvalue weighted by Gasteiger charge is 2.14. The molecule has 0 fully saturated rings. The Morgan fingerprint density at radius 3 is 2.61 bits per heavy atom. The first-order valence-corrected chi connectivity index (χ1v) is 6.14. The molecule has 0 aromatic heterocycles. The molecule has 4 heteroatoms. The van der Waals surface area contributed by atoms with E-state index in [2.05, 4.69) is 13.8 Å². The van der Waals surface area contributed by atoms with Crippen LogP contribution in [-0.4, -0.2) is 17.2 Å². The second-order valence-electron chi connectivity index (χ2n) is 4.94.